The van der Waals surface area contributed by atoms with Crippen molar-refractivity contribution in [3.05, 3.63) is 29.8 Å². The van der Waals surface area contributed by atoms with Gasteiger partial charge < -0.3 is 10.1 Å². The summed E-state index contributed by atoms with van der Waals surface area (Å²) in [6, 6.07) is 7.71. The Kier molecular flexibility index (Phi) is 4.68. The van der Waals surface area contributed by atoms with Crippen molar-refractivity contribution in [1.29, 1.82) is 0 Å². The van der Waals surface area contributed by atoms with E-state index in [4.69, 9.17) is 4.74 Å². The molecule has 2 N–H and O–H groups in total. The van der Waals surface area contributed by atoms with E-state index < -0.39 is 0 Å². The first-order chi connectivity index (χ1) is 9.17. The number of aryl methyl sites for hydroxylation is 1. The quantitative estimate of drug-likeness (QED) is 0.868. The van der Waals surface area contributed by atoms with Crippen molar-refractivity contribution in [3.8, 4) is 0 Å². The summed E-state index contributed by atoms with van der Waals surface area (Å²) in [6.07, 6.45) is 2.79. The van der Waals surface area contributed by atoms with Crippen molar-refractivity contribution in [2.45, 2.75) is 25.3 Å². The molecule has 0 bridgehead atoms. The number of hydrazone groups is 1. The highest BCUT2D eigenvalue weighted by atomic mass is 32.2. The fourth-order valence-electron chi connectivity index (χ4n) is 1.60. The van der Waals surface area contributed by atoms with Crippen LogP contribution in [0.2, 0.25) is 0 Å². The molecule has 0 aromatic heterocycles. The van der Waals surface area contributed by atoms with Crippen LogP contribution in [0, 0.1) is 6.92 Å². The summed E-state index contributed by atoms with van der Waals surface area (Å²) in [4.78, 5) is 11.8. The minimum Gasteiger partial charge on any atom is -0.445 e. The number of rotatable bonds is 5. The van der Waals surface area contributed by atoms with Gasteiger partial charge in [0.15, 0.2) is 0 Å². The van der Waals surface area contributed by atoms with Gasteiger partial charge in [0.1, 0.15) is 0 Å². The average Bonchev–Trinajstić information content (AvgIpc) is 2.87. The molecule has 0 aliphatic carbocycles. The maximum Gasteiger partial charge on any atom is 0.234 e. The van der Waals surface area contributed by atoms with Gasteiger partial charge in [0.25, 0.3) is 0 Å². The third-order valence-electron chi connectivity index (χ3n) is 2.65. The Hall–Kier alpha value is -1.69. The third kappa shape index (κ3) is 4.17. The van der Waals surface area contributed by atoms with Crippen LogP contribution in [0.3, 0.4) is 0 Å². The number of amides is 1. The van der Waals surface area contributed by atoms with Crippen molar-refractivity contribution in [3.63, 3.8) is 0 Å². The molecule has 1 heterocycles. The third-order valence-corrected chi connectivity index (χ3v) is 3.28. The van der Waals surface area contributed by atoms with Crippen LogP contribution in [0.15, 0.2) is 29.4 Å². The number of nitrogens with zero attached hydrogens (tertiary/aromatic N) is 1. The maximum atomic E-state index is 11.8. The molecule has 1 atom stereocenters. The average molecular weight is 279 g/mol. The van der Waals surface area contributed by atoms with Crippen LogP contribution in [0.5, 0.6) is 0 Å². The molecule has 19 heavy (non-hydrogen) atoms. The van der Waals surface area contributed by atoms with E-state index in [-0.39, 0.29) is 11.5 Å². The van der Waals surface area contributed by atoms with Crippen molar-refractivity contribution in [2.75, 3.05) is 11.6 Å². The van der Waals surface area contributed by atoms with Gasteiger partial charge in [0, 0.05) is 18.5 Å². The number of anilines is 1. The number of thioether (sulfide) groups is 1. The number of carbonyl (C=O) groups is 1. The highest BCUT2D eigenvalue weighted by Gasteiger charge is 2.18. The molecule has 0 saturated carbocycles. The van der Waals surface area contributed by atoms with Crippen LogP contribution in [0.25, 0.3) is 0 Å². The fourth-order valence-corrected chi connectivity index (χ4v) is 1.96. The molecule has 0 radical (unpaired) electrons. The van der Waals surface area contributed by atoms with Gasteiger partial charge in [-0.3, -0.25) is 10.2 Å². The van der Waals surface area contributed by atoms with E-state index in [1.165, 1.54) is 17.3 Å². The molecular formula is C13H17N3O2S. The highest BCUT2D eigenvalue weighted by Crippen LogP contribution is 2.14. The highest BCUT2D eigenvalue weighted by molar-refractivity contribution is 7.99. The van der Waals surface area contributed by atoms with Gasteiger partial charge in [0.2, 0.25) is 17.4 Å². The summed E-state index contributed by atoms with van der Waals surface area (Å²) in [5.74, 6) is 0.543. The lowest BCUT2D eigenvalue weighted by molar-refractivity contribution is -0.116. The van der Waals surface area contributed by atoms with Crippen LogP contribution in [0.4, 0.5) is 5.69 Å². The second-order valence-electron chi connectivity index (χ2n) is 4.23. The van der Waals surface area contributed by atoms with Gasteiger partial charge in [-0.05, 0) is 25.3 Å². The summed E-state index contributed by atoms with van der Waals surface area (Å²) < 4.78 is 5.45. The molecule has 1 amide bonds. The Bertz CT molecular complexity index is 473. The standard InChI is InChI=1S/C13H17N3O2S/c1-9-3-5-10(6-4-9)14-11(17)7-8-12-15-16-13(18-12)19-2/h3-6,13,16H,7-8H2,1-2H3,(H,14,17). The lowest BCUT2D eigenvalue weighted by Gasteiger charge is -2.07. The molecule has 1 aliphatic rings. The van der Waals surface area contributed by atoms with E-state index in [2.05, 4.69) is 15.8 Å². The zero-order valence-corrected chi connectivity index (χ0v) is 11.8. The zero-order chi connectivity index (χ0) is 13.7. The summed E-state index contributed by atoms with van der Waals surface area (Å²) in [6.45, 7) is 2.01. The number of ether oxygens (including phenoxy) is 1. The SMILES string of the molecule is CSC1NN=C(CCC(=O)Nc2ccc(C)cc2)O1. The molecule has 6 heteroatoms. The maximum absolute atomic E-state index is 11.8. The van der Waals surface area contributed by atoms with Crippen LogP contribution in [0.1, 0.15) is 18.4 Å². The number of hydrogen-bond donors (Lipinski definition) is 2. The largest absolute Gasteiger partial charge is 0.445 e. The van der Waals surface area contributed by atoms with Gasteiger partial charge >= 0.3 is 0 Å². The minimum absolute atomic E-state index is 0.0391. The zero-order valence-electron chi connectivity index (χ0n) is 11.0. The fraction of sp³-hybridized carbons (Fsp3) is 0.385. The number of benzene rings is 1. The minimum atomic E-state index is -0.129. The van der Waals surface area contributed by atoms with Gasteiger partial charge in [-0.15, -0.1) is 5.10 Å². The van der Waals surface area contributed by atoms with E-state index in [1.54, 1.807) is 0 Å². The number of carbonyl (C=O) groups excluding carboxylic acids is 1. The van der Waals surface area contributed by atoms with E-state index in [0.717, 1.165) is 5.69 Å². The molecule has 1 aromatic carbocycles. The molecule has 0 saturated heterocycles. The molecule has 1 aromatic rings. The van der Waals surface area contributed by atoms with Crippen LogP contribution >= 0.6 is 11.8 Å². The van der Waals surface area contributed by atoms with Gasteiger partial charge in [-0.25, -0.2) is 0 Å². The normalized spacial score (nSPS) is 17.4. The number of nitrogens with one attached hydrogen (secondary N) is 2. The van der Waals surface area contributed by atoms with Crippen molar-refractivity contribution in [2.24, 2.45) is 5.10 Å². The molecule has 102 valence electrons. The summed E-state index contributed by atoms with van der Waals surface area (Å²) in [5, 5.41) is 6.87. The summed E-state index contributed by atoms with van der Waals surface area (Å²) >= 11 is 1.53. The van der Waals surface area contributed by atoms with E-state index in [9.17, 15) is 4.79 Å². The lowest BCUT2D eigenvalue weighted by atomic mass is 10.2. The lowest BCUT2D eigenvalue weighted by Crippen LogP contribution is -2.17. The second-order valence-corrected chi connectivity index (χ2v) is 5.13. The van der Waals surface area contributed by atoms with Crippen LogP contribution < -0.4 is 10.7 Å². The van der Waals surface area contributed by atoms with E-state index >= 15 is 0 Å². The first-order valence-electron chi connectivity index (χ1n) is 6.05. The van der Waals surface area contributed by atoms with Gasteiger partial charge in [-0.1, -0.05) is 29.5 Å². The van der Waals surface area contributed by atoms with Gasteiger partial charge in [0.05, 0.1) is 0 Å². The van der Waals surface area contributed by atoms with Crippen LogP contribution in [-0.4, -0.2) is 23.6 Å². The first kappa shape index (κ1) is 13.7. The summed E-state index contributed by atoms with van der Waals surface area (Å²) in [5.41, 5.74) is 4.68. The second kappa shape index (κ2) is 6.47. The predicted molar refractivity (Wildman–Crippen MR) is 78.0 cm³/mol. The Labute approximate surface area is 116 Å². The molecule has 0 spiro atoms. The molecule has 1 unspecified atom stereocenters. The molecular weight excluding hydrogens is 262 g/mol. The summed E-state index contributed by atoms with van der Waals surface area (Å²) in [7, 11) is 0. The van der Waals surface area contributed by atoms with Crippen molar-refractivity contribution < 1.29 is 9.53 Å². The monoisotopic (exact) mass is 279 g/mol. The smallest absolute Gasteiger partial charge is 0.234 e. The molecule has 0 fully saturated rings. The Morgan fingerprint density at radius 3 is 2.84 bits per heavy atom. The predicted octanol–water partition coefficient (Wildman–Crippen LogP) is 2.29. The van der Waals surface area contributed by atoms with E-state index in [1.807, 2.05) is 37.4 Å². The molecule has 2 rings (SSSR count). The van der Waals surface area contributed by atoms with Crippen LogP contribution in [-0.2, 0) is 9.53 Å². The van der Waals surface area contributed by atoms with Gasteiger partial charge in [-0.2, -0.15) is 0 Å². The van der Waals surface area contributed by atoms with Crippen molar-refractivity contribution in [1.82, 2.24) is 5.43 Å². The Morgan fingerprint density at radius 1 is 1.47 bits per heavy atom. The van der Waals surface area contributed by atoms with E-state index in [0.29, 0.717) is 18.7 Å². The molecule has 1 aliphatic heterocycles. The first-order valence-corrected chi connectivity index (χ1v) is 7.34. The Balaban J connectivity index is 1.75. The topological polar surface area (TPSA) is 62.7 Å². The number of hydrogen-bond acceptors (Lipinski definition) is 5. The molecule has 5 nitrogen and oxygen atoms in total. The Morgan fingerprint density at radius 2 is 2.21 bits per heavy atom. The van der Waals surface area contributed by atoms with Crippen molar-refractivity contribution >= 4 is 29.3 Å².